The zero-order valence-electron chi connectivity index (χ0n) is 11.5. The second-order valence-corrected chi connectivity index (χ2v) is 4.85. The molecular weight excluding hydrogens is 256 g/mol. The maximum atomic E-state index is 12.2. The van der Waals surface area contributed by atoms with Crippen molar-refractivity contribution in [2.24, 2.45) is 0 Å². The first-order chi connectivity index (χ1) is 9.58. The fourth-order valence-corrected chi connectivity index (χ4v) is 2.15. The molecule has 1 heterocycles. The summed E-state index contributed by atoms with van der Waals surface area (Å²) in [6, 6.07) is 6.59. The zero-order valence-corrected chi connectivity index (χ0v) is 11.5. The number of carboxylic acids is 1. The molecule has 0 spiro atoms. The SMILES string of the molecule is CN(Cc1ccc(C(=O)O)cc1)C(=O)N1CC=CCC1. The van der Waals surface area contributed by atoms with Crippen molar-refractivity contribution in [2.75, 3.05) is 20.1 Å². The van der Waals surface area contributed by atoms with Crippen molar-refractivity contribution in [2.45, 2.75) is 13.0 Å². The fraction of sp³-hybridized carbons (Fsp3) is 0.333. The van der Waals surface area contributed by atoms with E-state index in [1.807, 2.05) is 6.08 Å². The summed E-state index contributed by atoms with van der Waals surface area (Å²) in [5, 5.41) is 8.84. The van der Waals surface area contributed by atoms with Crippen LogP contribution in [0.3, 0.4) is 0 Å². The normalized spacial score (nSPS) is 14.2. The molecule has 5 heteroatoms. The van der Waals surface area contributed by atoms with E-state index in [4.69, 9.17) is 5.11 Å². The molecule has 1 aliphatic rings. The van der Waals surface area contributed by atoms with Gasteiger partial charge in [-0.2, -0.15) is 0 Å². The van der Waals surface area contributed by atoms with Crippen LogP contribution in [-0.4, -0.2) is 47.0 Å². The van der Waals surface area contributed by atoms with Crippen LogP contribution in [0.2, 0.25) is 0 Å². The lowest BCUT2D eigenvalue weighted by atomic mass is 10.1. The minimum absolute atomic E-state index is 0.00309. The van der Waals surface area contributed by atoms with E-state index in [9.17, 15) is 9.59 Å². The molecule has 1 N–H and O–H groups in total. The standard InChI is InChI=1S/C15H18N2O3/c1-16(15(20)17-9-3-2-4-10-17)11-12-5-7-13(8-6-12)14(18)19/h2-3,5-8H,4,9-11H2,1H3,(H,18,19). The van der Waals surface area contributed by atoms with E-state index >= 15 is 0 Å². The number of amides is 2. The highest BCUT2D eigenvalue weighted by atomic mass is 16.4. The van der Waals surface area contributed by atoms with Crippen molar-refractivity contribution < 1.29 is 14.7 Å². The molecule has 0 radical (unpaired) electrons. The minimum Gasteiger partial charge on any atom is -0.478 e. The van der Waals surface area contributed by atoms with Crippen molar-refractivity contribution in [3.05, 3.63) is 47.5 Å². The molecule has 0 unspecified atom stereocenters. The third-order valence-corrected chi connectivity index (χ3v) is 3.28. The highest BCUT2D eigenvalue weighted by molar-refractivity contribution is 5.87. The first kappa shape index (κ1) is 14.1. The van der Waals surface area contributed by atoms with Gasteiger partial charge in [0.15, 0.2) is 0 Å². The van der Waals surface area contributed by atoms with Gasteiger partial charge in [-0.05, 0) is 24.1 Å². The summed E-state index contributed by atoms with van der Waals surface area (Å²) in [5.74, 6) is -0.943. The van der Waals surface area contributed by atoms with E-state index in [1.165, 1.54) is 0 Å². The lowest BCUT2D eigenvalue weighted by Crippen LogP contribution is -2.42. The number of carbonyl (C=O) groups is 2. The van der Waals surface area contributed by atoms with Gasteiger partial charge in [0, 0.05) is 26.7 Å². The molecule has 1 aromatic rings. The van der Waals surface area contributed by atoms with Crippen LogP contribution >= 0.6 is 0 Å². The number of hydrogen-bond donors (Lipinski definition) is 1. The van der Waals surface area contributed by atoms with Gasteiger partial charge >= 0.3 is 12.0 Å². The first-order valence-corrected chi connectivity index (χ1v) is 6.55. The van der Waals surface area contributed by atoms with Crippen LogP contribution in [-0.2, 0) is 6.54 Å². The Morgan fingerprint density at radius 1 is 1.25 bits per heavy atom. The van der Waals surface area contributed by atoms with Crippen molar-refractivity contribution in [1.29, 1.82) is 0 Å². The topological polar surface area (TPSA) is 60.9 Å². The van der Waals surface area contributed by atoms with Crippen molar-refractivity contribution in [3.8, 4) is 0 Å². The molecule has 5 nitrogen and oxygen atoms in total. The Bertz CT molecular complexity index is 522. The number of nitrogens with zero attached hydrogens (tertiary/aromatic N) is 2. The van der Waals surface area contributed by atoms with E-state index < -0.39 is 5.97 Å². The molecule has 20 heavy (non-hydrogen) atoms. The van der Waals surface area contributed by atoms with Crippen molar-refractivity contribution >= 4 is 12.0 Å². The number of carbonyl (C=O) groups excluding carboxylic acids is 1. The molecule has 106 valence electrons. The van der Waals surface area contributed by atoms with Gasteiger partial charge in [0.2, 0.25) is 0 Å². The second kappa shape index (κ2) is 6.23. The van der Waals surface area contributed by atoms with Gasteiger partial charge in [-0.3, -0.25) is 0 Å². The Morgan fingerprint density at radius 2 is 1.95 bits per heavy atom. The molecule has 2 amide bonds. The maximum absolute atomic E-state index is 12.2. The van der Waals surface area contributed by atoms with Crippen LogP contribution in [0.1, 0.15) is 22.3 Å². The number of benzene rings is 1. The Balaban J connectivity index is 1.96. The highest BCUT2D eigenvalue weighted by Gasteiger charge is 2.18. The van der Waals surface area contributed by atoms with E-state index in [1.54, 1.807) is 41.1 Å². The van der Waals surface area contributed by atoms with E-state index in [-0.39, 0.29) is 11.6 Å². The number of aromatic carboxylic acids is 1. The molecular formula is C15H18N2O3. The Hall–Kier alpha value is -2.30. The predicted octanol–water partition coefficient (Wildman–Crippen LogP) is 2.20. The number of urea groups is 1. The summed E-state index contributed by atoms with van der Waals surface area (Å²) < 4.78 is 0. The van der Waals surface area contributed by atoms with E-state index in [2.05, 4.69) is 6.08 Å². The van der Waals surface area contributed by atoms with Gasteiger partial charge < -0.3 is 14.9 Å². The van der Waals surface area contributed by atoms with E-state index in [0.29, 0.717) is 13.1 Å². The average Bonchev–Trinajstić information content (AvgIpc) is 2.48. The van der Waals surface area contributed by atoms with Crippen LogP contribution < -0.4 is 0 Å². The number of hydrogen-bond acceptors (Lipinski definition) is 2. The largest absolute Gasteiger partial charge is 0.478 e. The summed E-state index contributed by atoms with van der Waals surface area (Å²) in [7, 11) is 1.76. The highest BCUT2D eigenvalue weighted by Crippen LogP contribution is 2.10. The molecule has 1 aromatic carbocycles. The van der Waals surface area contributed by atoms with Gasteiger partial charge in [0.25, 0.3) is 0 Å². The van der Waals surface area contributed by atoms with Crippen LogP contribution in [0.4, 0.5) is 4.79 Å². The van der Waals surface area contributed by atoms with Gasteiger partial charge in [-0.25, -0.2) is 9.59 Å². The van der Waals surface area contributed by atoms with Gasteiger partial charge in [-0.15, -0.1) is 0 Å². The maximum Gasteiger partial charge on any atom is 0.335 e. The molecule has 0 bridgehead atoms. The number of rotatable bonds is 3. The Morgan fingerprint density at radius 3 is 2.50 bits per heavy atom. The third-order valence-electron chi connectivity index (χ3n) is 3.28. The molecule has 0 saturated carbocycles. The monoisotopic (exact) mass is 274 g/mol. The quantitative estimate of drug-likeness (QED) is 0.859. The Kier molecular flexibility index (Phi) is 4.40. The zero-order chi connectivity index (χ0) is 14.5. The molecule has 0 aromatic heterocycles. The van der Waals surface area contributed by atoms with Crippen LogP contribution in [0.5, 0.6) is 0 Å². The predicted molar refractivity (Wildman–Crippen MR) is 75.6 cm³/mol. The Labute approximate surface area is 118 Å². The third kappa shape index (κ3) is 3.38. The number of carboxylic acid groups (broad SMARTS) is 1. The molecule has 0 aliphatic carbocycles. The van der Waals surface area contributed by atoms with Crippen LogP contribution in [0, 0.1) is 0 Å². The second-order valence-electron chi connectivity index (χ2n) is 4.85. The van der Waals surface area contributed by atoms with Gasteiger partial charge in [-0.1, -0.05) is 24.3 Å². The average molecular weight is 274 g/mol. The summed E-state index contributed by atoms with van der Waals surface area (Å²) in [4.78, 5) is 26.4. The molecule has 2 rings (SSSR count). The lowest BCUT2D eigenvalue weighted by Gasteiger charge is -2.28. The summed E-state index contributed by atoms with van der Waals surface area (Å²) in [6.45, 7) is 1.87. The fourth-order valence-electron chi connectivity index (χ4n) is 2.15. The lowest BCUT2D eigenvalue weighted by molar-refractivity contribution is 0.0697. The minimum atomic E-state index is -0.943. The van der Waals surface area contributed by atoms with Crippen molar-refractivity contribution in [1.82, 2.24) is 9.80 Å². The molecule has 0 atom stereocenters. The summed E-state index contributed by atoms with van der Waals surface area (Å²) >= 11 is 0. The first-order valence-electron chi connectivity index (χ1n) is 6.55. The van der Waals surface area contributed by atoms with Crippen LogP contribution in [0.25, 0.3) is 0 Å². The van der Waals surface area contributed by atoms with Gasteiger partial charge in [0.1, 0.15) is 0 Å². The smallest absolute Gasteiger partial charge is 0.335 e. The van der Waals surface area contributed by atoms with Crippen LogP contribution in [0.15, 0.2) is 36.4 Å². The van der Waals surface area contributed by atoms with Gasteiger partial charge in [0.05, 0.1) is 5.56 Å². The summed E-state index contributed by atoms with van der Waals surface area (Å²) in [6.07, 6.45) is 4.97. The molecule has 0 saturated heterocycles. The molecule has 0 fully saturated rings. The van der Waals surface area contributed by atoms with E-state index in [0.717, 1.165) is 18.5 Å². The summed E-state index contributed by atoms with van der Waals surface area (Å²) in [5.41, 5.74) is 1.17. The van der Waals surface area contributed by atoms with Crippen molar-refractivity contribution in [3.63, 3.8) is 0 Å². The molecule has 1 aliphatic heterocycles.